The minimum atomic E-state index is 0.738. The summed E-state index contributed by atoms with van der Waals surface area (Å²) in [6.07, 6.45) is 5.30. The molecule has 88 valence electrons. The van der Waals surface area contributed by atoms with Crippen molar-refractivity contribution in [2.45, 2.75) is 32.3 Å². The molecule has 0 aliphatic heterocycles. The maximum Gasteiger partial charge on any atom is 0.109 e. The molecule has 0 atom stereocenters. The molecule has 0 aliphatic carbocycles. The topological polar surface area (TPSA) is 8.17 Å². The zero-order chi connectivity index (χ0) is 12.0. The number of anilines is 1. The van der Waals surface area contributed by atoms with Crippen molar-refractivity contribution in [2.24, 2.45) is 0 Å². The van der Waals surface area contributed by atoms with Crippen LogP contribution in [0.3, 0.4) is 0 Å². The van der Waals surface area contributed by atoms with Gasteiger partial charge < -0.3 is 9.47 Å². The average molecular weight is 236 g/mol. The van der Waals surface area contributed by atoms with Crippen LogP contribution in [-0.4, -0.2) is 23.4 Å². The third kappa shape index (κ3) is 2.76. The SMILES string of the molecule is C#CCSc1ccc(N(CC)CC)n1CC. The van der Waals surface area contributed by atoms with Crippen LogP contribution in [0.15, 0.2) is 17.2 Å². The van der Waals surface area contributed by atoms with Gasteiger partial charge >= 0.3 is 0 Å². The van der Waals surface area contributed by atoms with Gasteiger partial charge in [0, 0.05) is 19.6 Å². The van der Waals surface area contributed by atoms with Crippen molar-refractivity contribution in [1.29, 1.82) is 0 Å². The van der Waals surface area contributed by atoms with Crippen LogP contribution in [0.25, 0.3) is 0 Å². The molecule has 0 spiro atoms. The number of hydrogen-bond donors (Lipinski definition) is 0. The second kappa shape index (κ2) is 6.55. The quantitative estimate of drug-likeness (QED) is 0.554. The average Bonchev–Trinajstić information content (AvgIpc) is 2.71. The van der Waals surface area contributed by atoms with Gasteiger partial charge in [-0.1, -0.05) is 17.7 Å². The molecule has 1 aromatic rings. The molecule has 0 saturated heterocycles. The highest BCUT2D eigenvalue weighted by molar-refractivity contribution is 7.99. The van der Waals surface area contributed by atoms with Gasteiger partial charge in [-0.05, 0) is 32.9 Å². The Hall–Kier alpha value is -1.01. The van der Waals surface area contributed by atoms with Crippen molar-refractivity contribution in [3.8, 4) is 12.3 Å². The van der Waals surface area contributed by atoms with Crippen LogP contribution in [0, 0.1) is 12.3 Å². The molecule has 0 saturated carbocycles. The monoisotopic (exact) mass is 236 g/mol. The largest absolute Gasteiger partial charge is 0.359 e. The molecule has 3 heteroatoms. The summed E-state index contributed by atoms with van der Waals surface area (Å²) in [7, 11) is 0. The highest BCUT2D eigenvalue weighted by Gasteiger charge is 2.10. The van der Waals surface area contributed by atoms with E-state index < -0.39 is 0 Å². The summed E-state index contributed by atoms with van der Waals surface area (Å²) in [6.45, 7) is 9.62. The van der Waals surface area contributed by atoms with Gasteiger partial charge in [-0.3, -0.25) is 0 Å². The summed E-state index contributed by atoms with van der Waals surface area (Å²) < 4.78 is 2.33. The minimum Gasteiger partial charge on any atom is -0.359 e. The van der Waals surface area contributed by atoms with Crippen molar-refractivity contribution < 1.29 is 0 Å². The predicted molar refractivity (Wildman–Crippen MR) is 73.2 cm³/mol. The summed E-state index contributed by atoms with van der Waals surface area (Å²) in [5.41, 5.74) is 0. The van der Waals surface area contributed by atoms with E-state index in [9.17, 15) is 0 Å². The smallest absolute Gasteiger partial charge is 0.109 e. The van der Waals surface area contributed by atoms with Gasteiger partial charge in [0.05, 0.1) is 10.8 Å². The van der Waals surface area contributed by atoms with Gasteiger partial charge in [-0.2, -0.15) is 0 Å². The fourth-order valence-corrected chi connectivity index (χ4v) is 2.60. The van der Waals surface area contributed by atoms with E-state index in [0.717, 1.165) is 25.4 Å². The standard InChI is InChI=1S/C13H20N2S/c1-5-11-16-13-10-9-12(15(13)8-4)14(6-2)7-3/h1,9-10H,6-8,11H2,2-4H3. The normalized spacial score (nSPS) is 10.1. The molecule has 1 heterocycles. The molecule has 0 bridgehead atoms. The second-order valence-electron chi connectivity index (χ2n) is 3.44. The number of terminal acetylenes is 1. The summed E-state index contributed by atoms with van der Waals surface area (Å²) in [5.74, 6) is 4.71. The number of hydrogen-bond acceptors (Lipinski definition) is 2. The number of nitrogens with zero attached hydrogens (tertiary/aromatic N) is 2. The fraction of sp³-hybridized carbons (Fsp3) is 0.538. The Balaban J connectivity index is 2.94. The van der Waals surface area contributed by atoms with Crippen molar-refractivity contribution in [3.63, 3.8) is 0 Å². The second-order valence-corrected chi connectivity index (χ2v) is 4.43. The van der Waals surface area contributed by atoms with Gasteiger partial charge in [0.15, 0.2) is 0 Å². The highest BCUT2D eigenvalue weighted by atomic mass is 32.2. The summed E-state index contributed by atoms with van der Waals surface area (Å²) >= 11 is 1.73. The van der Waals surface area contributed by atoms with E-state index in [4.69, 9.17) is 6.42 Å². The highest BCUT2D eigenvalue weighted by Crippen LogP contribution is 2.26. The maximum absolute atomic E-state index is 5.30. The first-order valence-corrected chi connectivity index (χ1v) is 6.77. The molecule has 0 unspecified atom stereocenters. The first-order chi connectivity index (χ1) is 7.78. The van der Waals surface area contributed by atoms with Crippen LogP contribution >= 0.6 is 11.8 Å². The van der Waals surface area contributed by atoms with Crippen molar-refractivity contribution in [2.75, 3.05) is 23.7 Å². The van der Waals surface area contributed by atoms with Crippen LogP contribution in [-0.2, 0) is 6.54 Å². The van der Waals surface area contributed by atoms with Crippen molar-refractivity contribution >= 4 is 17.6 Å². The third-order valence-corrected chi connectivity index (χ3v) is 3.59. The molecule has 0 aliphatic rings. The molecule has 1 aromatic heterocycles. The molecule has 0 amide bonds. The number of thioether (sulfide) groups is 1. The predicted octanol–water partition coefficient (Wildman–Crippen LogP) is 3.08. The lowest BCUT2D eigenvalue weighted by Gasteiger charge is -2.23. The fourth-order valence-electron chi connectivity index (χ4n) is 1.82. The van der Waals surface area contributed by atoms with Gasteiger partial charge in [-0.15, -0.1) is 6.42 Å². The van der Waals surface area contributed by atoms with Gasteiger partial charge in [0.2, 0.25) is 0 Å². The van der Waals surface area contributed by atoms with Gasteiger partial charge in [0.1, 0.15) is 5.82 Å². The minimum absolute atomic E-state index is 0.738. The van der Waals surface area contributed by atoms with Gasteiger partial charge in [0.25, 0.3) is 0 Å². The van der Waals surface area contributed by atoms with Crippen molar-refractivity contribution in [3.05, 3.63) is 12.1 Å². The molecular formula is C13H20N2S. The van der Waals surface area contributed by atoms with E-state index in [2.05, 4.69) is 48.3 Å². The van der Waals surface area contributed by atoms with E-state index in [-0.39, 0.29) is 0 Å². The lowest BCUT2D eigenvalue weighted by Crippen LogP contribution is -2.24. The van der Waals surface area contributed by atoms with E-state index in [1.165, 1.54) is 10.8 Å². The molecule has 0 radical (unpaired) electrons. The molecule has 16 heavy (non-hydrogen) atoms. The van der Waals surface area contributed by atoms with Gasteiger partial charge in [-0.25, -0.2) is 0 Å². The summed E-state index contributed by atoms with van der Waals surface area (Å²) in [6, 6.07) is 4.36. The Morgan fingerprint density at radius 3 is 2.50 bits per heavy atom. The first-order valence-electron chi connectivity index (χ1n) is 5.79. The lowest BCUT2D eigenvalue weighted by atomic mass is 10.4. The Bertz CT molecular complexity index is 358. The van der Waals surface area contributed by atoms with E-state index in [1.54, 1.807) is 11.8 Å². The Labute approximate surface area is 103 Å². The van der Waals surface area contributed by atoms with Crippen LogP contribution in [0.2, 0.25) is 0 Å². The van der Waals surface area contributed by atoms with E-state index >= 15 is 0 Å². The molecule has 0 aromatic carbocycles. The molecular weight excluding hydrogens is 216 g/mol. The molecule has 2 nitrogen and oxygen atoms in total. The van der Waals surface area contributed by atoms with E-state index in [1.807, 2.05) is 0 Å². The zero-order valence-corrected chi connectivity index (χ0v) is 11.2. The van der Waals surface area contributed by atoms with Crippen LogP contribution in [0.5, 0.6) is 0 Å². The summed E-state index contributed by atoms with van der Waals surface area (Å²) in [5, 5.41) is 1.27. The molecule has 0 N–H and O–H groups in total. The van der Waals surface area contributed by atoms with Crippen molar-refractivity contribution in [1.82, 2.24) is 4.57 Å². The van der Waals surface area contributed by atoms with Crippen LogP contribution < -0.4 is 4.90 Å². The summed E-state index contributed by atoms with van der Waals surface area (Å²) in [4.78, 5) is 2.36. The molecule has 0 fully saturated rings. The zero-order valence-electron chi connectivity index (χ0n) is 10.4. The van der Waals surface area contributed by atoms with E-state index in [0.29, 0.717) is 0 Å². The Kier molecular flexibility index (Phi) is 5.34. The third-order valence-electron chi connectivity index (χ3n) is 2.62. The van der Waals surface area contributed by atoms with Crippen LogP contribution in [0.4, 0.5) is 5.82 Å². The Morgan fingerprint density at radius 2 is 2.00 bits per heavy atom. The lowest BCUT2D eigenvalue weighted by molar-refractivity contribution is 0.676. The molecule has 1 rings (SSSR count). The Morgan fingerprint density at radius 1 is 1.31 bits per heavy atom. The number of aromatic nitrogens is 1. The maximum atomic E-state index is 5.30. The number of rotatable bonds is 6. The van der Waals surface area contributed by atoms with Crippen LogP contribution in [0.1, 0.15) is 20.8 Å². The first kappa shape index (κ1) is 13.1.